The lowest BCUT2D eigenvalue weighted by atomic mass is 9.87. The minimum Gasteiger partial charge on any atom is -0.463 e. The Hall–Kier alpha value is -4.96. The quantitative estimate of drug-likeness (QED) is 0.178. The minimum absolute atomic E-state index is 0.0277. The summed E-state index contributed by atoms with van der Waals surface area (Å²) in [5.74, 6) is -1.26. The van der Waals surface area contributed by atoms with Crippen molar-refractivity contribution in [2.75, 3.05) is 6.61 Å². The number of nitriles is 1. The summed E-state index contributed by atoms with van der Waals surface area (Å²) in [5, 5.41) is 16.3. The summed E-state index contributed by atoms with van der Waals surface area (Å²) >= 11 is 0. The fourth-order valence-electron chi connectivity index (χ4n) is 5.13. The Morgan fingerprint density at radius 2 is 1.45 bits per heavy atom. The largest absolute Gasteiger partial charge is 0.463 e. The number of carbonyl (C=O) groups is 2. The van der Waals surface area contributed by atoms with Gasteiger partial charge in [-0.05, 0) is 45.5 Å². The topological polar surface area (TPSA) is 108 Å². The summed E-state index contributed by atoms with van der Waals surface area (Å²) in [4.78, 5) is 34.0. The van der Waals surface area contributed by atoms with Gasteiger partial charge in [0.1, 0.15) is 12.6 Å². The van der Waals surface area contributed by atoms with Crippen molar-refractivity contribution in [2.24, 2.45) is 5.92 Å². The first-order valence-electron chi connectivity index (χ1n) is 13.4. The molecular formula is C33H30N4O3. The molecule has 2 N–H and O–H groups in total. The fraction of sp³-hybridized carbons (Fsp3) is 0.212. The lowest BCUT2D eigenvalue weighted by Gasteiger charge is -2.23. The van der Waals surface area contributed by atoms with E-state index in [4.69, 9.17) is 10.00 Å². The van der Waals surface area contributed by atoms with Crippen LogP contribution in [0.4, 0.5) is 0 Å². The predicted molar refractivity (Wildman–Crippen MR) is 154 cm³/mol. The molecule has 0 aliphatic rings. The molecule has 0 fully saturated rings. The number of esters is 1. The number of hydrogen-bond donors (Lipinski definition) is 2. The maximum absolute atomic E-state index is 14.0. The molecule has 0 spiro atoms. The Morgan fingerprint density at radius 3 is 2.02 bits per heavy atom. The van der Waals surface area contributed by atoms with Gasteiger partial charge in [0.2, 0.25) is 5.91 Å². The number of H-pyrrole nitrogens is 1. The second-order valence-electron chi connectivity index (χ2n) is 9.80. The van der Waals surface area contributed by atoms with Gasteiger partial charge in [-0.2, -0.15) is 5.26 Å². The van der Waals surface area contributed by atoms with Crippen LogP contribution < -0.4 is 5.32 Å². The molecule has 1 atom stereocenters. The number of amides is 1. The van der Waals surface area contributed by atoms with Crippen LogP contribution in [-0.4, -0.2) is 34.5 Å². The van der Waals surface area contributed by atoms with Crippen LogP contribution in [-0.2, 0) is 33.6 Å². The van der Waals surface area contributed by atoms with Gasteiger partial charge in [-0.15, -0.1) is 0 Å². The van der Waals surface area contributed by atoms with Gasteiger partial charge in [-0.25, -0.2) is 9.78 Å². The highest BCUT2D eigenvalue weighted by Crippen LogP contribution is 2.26. The number of ether oxygens (including phenoxy) is 1. The first-order chi connectivity index (χ1) is 19.6. The van der Waals surface area contributed by atoms with E-state index in [9.17, 15) is 9.59 Å². The van der Waals surface area contributed by atoms with E-state index in [1.54, 1.807) is 6.20 Å². The molecule has 1 aromatic heterocycles. The zero-order valence-electron chi connectivity index (χ0n) is 22.0. The van der Waals surface area contributed by atoms with Gasteiger partial charge in [-0.1, -0.05) is 84.9 Å². The molecule has 5 aromatic rings. The van der Waals surface area contributed by atoms with Gasteiger partial charge < -0.3 is 15.0 Å². The van der Waals surface area contributed by atoms with Gasteiger partial charge in [0.05, 0.1) is 18.8 Å². The second kappa shape index (κ2) is 12.7. The lowest BCUT2D eigenvalue weighted by Crippen LogP contribution is -2.46. The van der Waals surface area contributed by atoms with Crippen LogP contribution in [0.25, 0.3) is 21.5 Å². The van der Waals surface area contributed by atoms with E-state index in [1.165, 1.54) is 6.33 Å². The molecule has 0 aliphatic heterocycles. The third-order valence-electron chi connectivity index (χ3n) is 7.10. The van der Waals surface area contributed by atoms with Crippen molar-refractivity contribution in [1.29, 1.82) is 5.26 Å². The van der Waals surface area contributed by atoms with Crippen LogP contribution in [0.5, 0.6) is 0 Å². The van der Waals surface area contributed by atoms with Crippen molar-refractivity contribution < 1.29 is 14.3 Å². The minimum atomic E-state index is -0.922. The zero-order valence-corrected chi connectivity index (χ0v) is 22.0. The van der Waals surface area contributed by atoms with E-state index in [-0.39, 0.29) is 25.4 Å². The van der Waals surface area contributed by atoms with Crippen molar-refractivity contribution in [3.05, 3.63) is 114 Å². The molecular weight excluding hydrogens is 500 g/mol. The Labute approximate surface area is 232 Å². The molecule has 1 heterocycles. The predicted octanol–water partition coefficient (Wildman–Crippen LogP) is 5.30. The maximum Gasteiger partial charge on any atom is 0.329 e. The Morgan fingerprint density at radius 1 is 0.850 bits per heavy atom. The zero-order chi connectivity index (χ0) is 27.7. The molecule has 0 aliphatic carbocycles. The fourth-order valence-corrected chi connectivity index (χ4v) is 5.13. The highest BCUT2D eigenvalue weighted by Gasteiger charge is 2.28. The van der Waals surface area contributed by atoms with E-state index in [0.29, 0.717) is 18.5 Å². The van der Waals surface area contributed by atoms with Gasteiger partial charge in [-0.3, -0.25) is 4.79 Å². The normalized spacial score (nSPS) is 11.8. The molecule has 0 saturated carbocycles. The summed E-state index contributed by atoms with van der Waals surface area (Å²) < 4.78 is 5.32. The van der Waals surface area contributed by atoms with E-state index < -0.39 is 17.9 Å². The number of hydrogen-bond acceptors (Lipinski definition) is 5. The van der Waals surface area contributed by atoms with Crippen LogP contribution in [0, 0.1) is 17.2 Å². The monoisotopic (exact) mass is 530 g/mol. The van der Waals surface area contributed by atoms with Gasteiger partial charge in [0.25, 0.3) is 0 Å². The van der Waals surface area contributed by atoms with Crippen molar-refractivity contribution in [2.45, 2.75) is 31.7 Å². The van der Waals surface area contributed by atoms with Crippen LogP contribution in [0.2, 0.25) is 0 Å². The number of rotatable bonds is 11. The first-order valence-corrected chi connectivity index (χ1v) is 13.4. The third kappa shape index (κ3) is 6.36. The lowest BCUT2D eigenvalue weighted by molar-refractivity contribution is -0.148. The second-order valence-corrected chi connectivity index (χ2v) is 9.80. The average Bonchev–Trinajstić information content (AvgIpc) is 3.50. The van der Waals surface area contributed by atoms with E-state index in [0.717, 1.165) is 32.7 Å². The number of aromatic nitrogens is 2. The molecule has 0 saturated heterocycles. The van der Waals surface area contributed by atoms with Crippen molar-refractivity contribution in [3.8, 4) is 6.07 Å². The first kappa shape index (κ1) is 26.6. The van der Waals surface area contributed by atoms with Crippen molar-refractivity contribution >= 4 is 33.4 Å². The Balaban J connectivity index is 1.46. The average molecular weight is 531 g/mol. The van der Waals surface area contributed by atoms with Crippen molar-refractivity contribution in [1.82, 2.24) is 15.3 Å². The van der Waals surface area contributed by atoms with Crippen LogP contribution in [0.1, 0.15) is 23.2 Å². The van der Waals surface area contributed by atoms with Crippen molar-refractivity contribution in [3.63, 3.8) is 0 Å². The Bertz CT molecular complexity index is 1560. The Kier molecular flexibility index (Phi) is 8.47. The highest BCUT2D eigenvalue weighted by atomic mass is 16.5. The van der Waals surface area contributed by atoms with Gasteiger partial charge in [0, 0.05) is 24.2 Å². The van der Waals surface area contributed by atoms with E-state index in [2.05, 4.69) is 63.8 Å². The van der Waals surface area contributed by atoms with Gasteiger partial charge in [0.15, 0.2) is 0 Å². The number of carbonyl (C=O) groups excluding carboxylic acids is 2. The third-order valence-corrected chi connectivity index (χ3v) is 7.10. The smallest absolute Gasteiger partial charge is 0.329 e. The number of imidazole rings is 1. The summed E-state index contributed by atoms with van der Waals surface area (Å²) in [6, 6.07) is 29.6. The number of fused-ring (bicyclic) bond motifs is 2. The molecule has 4 aromatic carbocycles. The summed E-state index contributed by atoms with van der Waals surface area (Å²) in [6.45, 7) is -0.0277. The van der Waals surface area contributed by atoms with Crippen LogP contribution in [0.3, 0.4) is 0 Å². The molecule has 7 nitrogen and oxygen atoms in total. The molecule has 40 heavy (non-hydrogen) atoms. The van der Waals surface area contributed by atoms with Gasteiger partial charge >= 0.3 is 5.97 Å². The molecule has 200 valence electrons. The molecule has 0 radical (unpaired) electrons. The van der Waals surface area contributed by atoms with Crippen LogP contribution in [0.15, 0.2) is 97.5 Å². The number of aromatic amines is 1. The van der Waals surface area contributed by atoms with Crippen LogP contribution >= 0.6 is 0 Å². The maximum atomic E-state index is 14.0. The summed E-state index contributed by atoms with van der Waals surface area (Å²) in [5.41, 5.74) is 2.84. The number of benzene rings is 4. The summed E-state index contributed by atoms with van der Waals surface area (Å²) in [7, 11) is 0. The number of nitrogens with one attached hydrogen (secondary N) is 2. The summed E-state index contributed by atoms with van der Waals surface area (Å²) in [6.07, 6.45) is 4.42. The standard InChI is InChI=1S/C33H30N4O3/c34-16-7-17-40-33(39)31(20-28-21-35-22-36-28)37-32(38)27(18-25-12-5-10-23-8-1-3-14-29(23)25)19-26-13-6-11-24-9-2-4-15-30(24)26/h1-6,8-15,21-22,27,31H,7,17-20H2,(H,35,36)(H,37,38)/t31-/m0/s1. The van der Waals surface area contributed by atoms with E-state index in [1.807, 2.05) is 42.5 Å². The molecule has 5 rings (SSSR count). The molecule has 1 amide bonds. The number of nitrogens with zero attached hydrogens (tertiary/aromatic N) is 2. The molecule has 0 unspecified atom stereocenters. The molecule has 7 heteroatoms. The SMILES string of the molecule is N#CCCOC(=O)[C@H](Cc1cnc[nH]1)NC(=O)C(Cc1cccc2ccccc12)Cc1cccc2ccccc12. The van der Waals surface area contributed by atoms with E-state index >= 15 is 0 Å². The highest BCUT2D eigenvalue weighted by molar-refractivity contribution is 5.90. The molecule has 0 bridgehead atoms.